The number of hydrogen-bond donors (Lipinski definition) is 1. The molecule has 0 fully saturated rings. The fourth-order valence-electron chi connectivity index (χ4n) is 2.81. The largest absolute Gasteiger partial charge is 0.495 e. The van der Waals surface area contributed by atoms with Crippen LogP contribution in [0.5, 0.6) is 5.75 Å². The Bertz CT molecular complexity index is 865. The fraction of sp³-hybridized carbons (Fsp3) is 0.250. The number of ether oxygens (including phenoxy) is 1. The summed E-state index contributed by atoms with van der Waals surface area (Å²) >= 11 is 0. The summed E-state index contributed by atoms with van der Waals surface area (Å²) in [5.74, 6) is 1.07. The second-order valence-corrected chi connectivity index (χ2v) is 6.17. The Labute approximate surface area is 142 Å². The topological polar surface area (TPSA) is 43.3 Å². The van der Waals surface area contributed by atoms with Crippen molar-refractivity contribution in [2.45, 2.75) is 26.3 Å². The molecule has 0 aliphatic carbocycles. The Kier molecular flexibility index (Phi) is 4.56. The number of methoxy groups -OCH3 is 1. The molecule has 0 aliphatic heterocycles. The second-order valence-electron chi connectivity index (χ2n) is 6.17. The van der Waals surface area contributed by atoms with Crippen molar-refractivity contribution in [1.82, 2.24) is 4.57 Å². The van der Waals surface area contributed by atoms with Gasteiger partial charge in [-0.15, -0.1) is 0 Å². The monoisotopic (exact) mass is 322 g/mol. The van der Waals surface area contributed by atoms with Gasteiger partial charge in [-0.25, -0.2) is 0 Å². The Morgan fingerprint density at radius 3 is 2.71 bits per heavy atom. The van der Waals surface area contributed by atoms with Crippen LogP contribution in [0.2, 0.25) is 0 Å². The third-order valence-corrected chi connectivity index (χ3v) is 4.16. The molecule has 24 heavy (non-hydrogen) atoms. The normalized spacial score (nSPS) is 11.0. The van der Waals surface area contributed by atoms with Crippen molar-refractivity contribution in [1.29, 1.82) is 0 Å². The molecule has 2 aromatic carbocycles. The first-order chi connectivity index (χ1) is 11.6. The molecule has 0 radical (unpaired) electrons. The maximum Gasteiger partial charge on any atom is 0.244 e. The number of amides is 1. The fourth-order valence-corrected chi connectivity index (χ4v) is 2.81. The molecule has 124 valence electrons. The molecule has 0 aliphatic rings. The van der Waals surface area contributed by atoms with Gasteiger partial charge in [0.1, 0.15) is 12.3 Å². The SMILES string of the molecule is COc1ccccc1NC(=O)Cn1ccc2cc(C(C)C)ccc21. The van der Waals surface area contributed by atoms with E-state index in [0.29, 0.717) is 17.4 Å². The van der Waals surface area contributed by atoms with Gasteiger partial charge in [0.05, 0.1) is 12.8 Å². The molecule has 3 rings (SSSR count). The number of nitrogens with one attached hydrogen (secondary N) is 1. The molecular formula is C20H22N2O2. The lowest BCUT2D eigenvalue weighted by molar-refractivity contribution is -0.116. The third kappa shape index (κ3) is 3.27. The first kappa shape index (κ1) is 16.1. The van der Waals surface area contributed by atoms with Gasteiger partial charge < -0.3 is 14.6 Å². The average molecular weight is 322 g/mol. The summed E-state index contributed by atoms with van der Waals surface area (Å²) in [6, 6.07) is 15.9. The Balaban J connectivity index is 1.78. The summed E-state index contributed by atoms with van der Waals surface area (Å²) in [5.41, 5.74) is 3.05. The van der Waals surface area contributed by atoms with Crippen molar-refractivity contribution in [3.05, 3.63) is 60.3 Å². The van der Waals surface area contributed by atoms with Crippen molar-refractivity contribution in [3.8, 4) is 5.75 Å². The summed E-state index contributed by atoms with van der Waals surface area (Å²) in [4.78, 5) is 12.4. The van der Waals surface area contributed by atoms with Crippen molar-refractivity contribution in [3.63, 3.8) is 0 Å². The maximum atomic E-state index is 12.4. The van der Waals surface area contributed by atoms with Crippen LogP contribution in [0.25, 0.3) is 10.9 Å². The minimum Gasteiger partial charge on any atom is -0.495 e. The molecule has 0 unspecified atom stereocenters. The summed E-state index contributed by atoms with van der Waals surface area (Å²) in [6.07, 6.45) is 1.95. The van der Waals surface area contributed by atoms with Gasteiger partial charge in [0, 0.05) is 11.7 Å². The van der Waals surface area contributed by atoms with E-state index in [1.165, 1.54) is 5.56 Å². The van der Waals surface area contributed by atoms with E-state index < -0.39 is 0 Å². The molecule has 1 heterocycles. The van der Waals surface area contributed by atoms with Crippen LogP contribution in [0.4, 0.5) is 5.69 Å². The predicted octanol–water partition coefficient (Wildman–Crippen LogP) is 4.41. The first-order valence-corrected chi connectivity index (χ1v) is 8.10. The number of para-hydroxylation sites is 2. The van der Waals surface area contributed by atoms with E-state index >= 15 is 0 Å². The zero-order valence-electron chi connectivity index (χ0n) is 14.2. The quantitative estimate of drug-likeness (QED) is 0.756. The molecule has 0 saturated heterocycles. The molecular weight excluding hydrogens is 300 g/mol. The van der Waals surface area contributed by atoms with Gasteiger partial charge in [-0.1, -0.05) is 32.0 Å². The predicted molar refractivity (Wildman–Crippen MR) is 97.7 cm³/mol. The van der Waals surface area contributed by atoms with Gasteiger partial charge >= 0.3 is 0 Å². The molecule has 1 amide bonds. The minimum absolute atomic E-state index is 0.0788. The van der Waals surface area contributed by atoms with E-state index in [0.717, 1.165) is 10.9 Å². The molecule has 1 N–H and O–H groups in total. The highest BCUT2D eigenvalue weighted by molar-refractivity contribution is 5.93. The van der Waals surface area contributed by atoms with Crippen LogP contribution in [0.1, 0.15) is 25.3 Å². The van der Waals surface area contributed by atoms with E-state index in [1.54, 1.807) is 7.11 Å². The molecule has 4 nitrogen and oxygen atoms in total. The first-order valence-electron chi connectivity index (χ1n) is 8.10. The van der Waals surface area contributed by atoms with E-state index in [4.69, 9.17) is 4.74 Å². The lowest BCUT2D eigenvalue weighted by Gasteiger charge is -2.11. The van der Waals surface area contributed by atoms with Crippen molar-refractivity contribution in [2.24, 2.45) is 0 Å². The highest BCUT2D eigenvalue weighted by Crippen LogP contribution is 2.24. The highest BCUT2D eigenvalue weighted by atomic mass is 16.5. The van der Waals surface area contributed by atoms with Gasteiger partial charge in [0.2, 0.25) is 5.91 Å². The number of benzene rings is 2. The highest BCUT2D eigenvalue weighted by Gasteiger charge is 2.10. The van der Waals surface area contributed by atoms with Crippen molar-refractivity contribution >= 4 is 22.5 Å². The second kappa shape index (κ2) is 6.79. The molecule has 0 spiro atoms. The van der Waals surface area contributed by atoms with Crippen LogP contribution in [0.3, 0.4) is 0 Å². The number of fused-ring (bicyclic) bond motifs is 1. The lowest BCUT2D eigenvalue weighted by Crippen LogP contribution is -2.18. The summed E-state index contributed by atoms with van der Waals surface area (Å²) in [5, 5.41) is 4.07. The minimum atomic E-state index is -0.0788. The van der Waals surface area contributed by atoms with Crippen LogP contribution in [0, 0.1) is 0 Å². The number of carbonyl (C=O) groups is 1. The summed E-state index contributed by atoms with van der Waals surface area (Å²) in [6.45, 7) is 4.63. The number of aromatic nitrogens is 1. The number of anilines is 1. The summed E-state index contributed by atoms with van der Waals surface area (Å²) < 4.78 is 7.23. The van der Waals surface area contributed by atoms with Crippen LogP contribution < -0.4 is 10.1 Å². The zero-order chi connectivity index (χ0) is 17.1. The smallest absolute Gasteiger partial charge is 0.244 e. The Morgan fingerprint density at radius 2 is 1.96 bits per heavy atom. The third-order valence-electron chi connectivity index (χ3n) is 4.16. The molecule has 4 heteroatoms. The van der Waals surface area contributed by atoms with Crippen molar-refractivity contribution in [2.75, 3.05) is 12.4 Å². The molecule has 0 saturated carbocycles. The van der Waals surface area contributed by atoms with E-state index in [1.807, 2.05) is 35.0 Å². The van der Waals surface area contributed by atoms with Crippen LogP contribution in [0.15, 0.2) is 54.7 Å². The number of hydrogen-bond acceptors (Lipinski definition) is 2. The molecule has 1 aromatic heterocycles. The lowest BCUT2D eigenvalue weighted by atomic mass is 10.0. The van der Waals surface area contributed by atoms with E-state index in [2.05, 4.69) is 43.4 Å². The Morgan fingerprint density at radius 1 is 1.17 bits per heavy atom. The zero-order valence-corrected chi connectivity index (χ0v) is 14.2. The van der Waals surface area contributed by atoms with Gasteiger partial charge in [-0.2, -0.15) is 0 Å². The average Bonchev–Trinajstić information content (AvgIpc) is 2.97. The van der Waals surface area contributed by atoms with Crippen LogP contribution in [-0.4, -0.2) is 17.6 Å². The molecule has 0 bridgehead atoms. The molecule has 3 aromatic rings. The van der Waals surface area contributed by atoms with Gasteiger partial charge in [0.25, 0.3) is 0 Å². The standard InChI is InChI=1S/C20H22N2O2/c1-14(2)15-8-9-18-16(12-15)10-11-22(18)13-20(23)21-17-6-4-5-7-19(17)24-3/h4-12,14H,13H2,1-3H3,(H,21,23). The van der Waals surface area contributed by atoms with Gasteiger partial charge in [-0.05, 0) is 47.2 Å². The van der Waals surface area contributed by atoms with Crippen molar-refractivity contribution < 1.29 is 9.53 Å². The van der Waals surface area contributed by atoms with Crippen LogP contribution in [-0.2, 0) is 11.3 Å². The van der Waals surface area contributed by atoms with Crippen LogP contribution >= 0.6 is 0 Å². The number of rotatable bonds is 5. The maximum absolute atomic E-state index is 12.4. The van der Waals surface area contributed by atoms with E-state index in [-0.39, 0.29) is 12.5 Å². The number of nitrogens with zero attached hydrogens (tertiary/aromatic N) is 1. The summed E-state index contributed by atoms with van der Waals surface area (Å²) in [7, 11) is 1.59. The molecule has 0 atom stereocenters. The van der Waals surface area contributed by atoms with Gasteiger partial charge in [-0.3, -0.25) is 4.79 Å². The van der Waals surface area contributed by atoms with Gasteiger partial charge in [0.15, 0.2) is 0 Å². The van der Waals surface area contributed by atoms with E-state index in [9.17, 15) is 4.79 Å². The Hall–Kier alpha value is -2.75. The number of carbonyl (C=O) groups excluding carboxylic acids is 1.